The molecule has 0 saturated carbocycles. The van der Waals surface area contributed by atoms with Crippen LogP contribution in [-0.2, 0) is 13.0 Å². The van der Waals surface area contributed by atoms with Crippen molar-refractivity contribution in [3.8, 4) is 16.9 Å². The van der Waals surface area contributed by atoms with Gasteiger partial charge in [-0.3, -0.25) is 0 Å². The van der Waals surface area contributed by atoms with Crippen molar-refractivity contribution in [1.29, 1.82) is 0 Å². The van der Waals surface area contributed by atoms with E-state index in [1.807, 2.05) is 10.7 Å². The monoisotopic (exact) mass is 292 g/mol. The van der Waals surface area contributed by atoms with Crippen molar-refractivity contribution in [2.24, 2.45) is 5.73 Å². The number of nitrogens with two attached hydrogens (primary N) is 1. The molecule has 0 amide bonds. The zero-order valence-electron chi connectivity index (χ0n) is 13.0. The molecule has 0 aliphatic heterocycles. The minimum atomic E-state index is 0.373. The van der Waals surface area contributed by atoms with Gasteiger partial charge in [-0.05, 0) is 25.0 Å². The van der Waals surface area contributed by atoms with Crippen molar-refractivity contribution < 1.29 is 0 Å². The second-order valence-electron chi connectivity index (χ2n) is 5.35. The topological polar surface area (TPSA) is 56.7 Å². The third-order valence-corrected chi connectivity index (χ3v) is 3.86. The molecule has 0 unspecified atom stereocenters. The van der Waals surface area contributed by atoms with Crippen LogP contribution in [0.25, 0.3) is 16.9 Å². The highest BCUT2D eigenvalue weighted by atomic mass is 15.4. The summed E-state index contributed by atoms with van der Waals surface area (Å²) in [4.78, 5) is 0. The van der Waals surface area contributed by atoms with Gasteiger partial charge in [-0.25, -0.2) is 4.68 Å². The molecule has 0 fully saturated rings. The van der Waals surface area contributed by atoms with Crippen molar-refractivity contribution in [2.45, 2.75) is 26.8 Å². The number of rotatable bonds is 4. The van der Waals surface area contributed by atoms with E-state index in [0.29, 0.717) is 6.54 Å². The maximum atomic E-state index is 5.86. The van der Waals surface area contributed by atoms with E-state index in [1.54, 1.807) is 0 Å². The Kier molecular flexibility index (Phi) is 4.02. The molecule has 0 aliphatic carbocycles. The SMILES string of the molecule is CCc1ccccc1-n1nnc(CN)c1-c1ccc(C)cc1. The highest BCUT2D eigenvalue weighted by Crippen LogP contribution is 2.27. The van der Waals surface area contributed by atoms with Gasteiger partial charge in [0.15, 0.2) is 0 Å². The van der Waals surface area contributed by atoms with Crippen LogP contribution < -0.4 is 5.73 Å². The summed E-state index contributed by atoms with van der Waals surface area (Å²) < 4.78 is 1.91. The Morgan fingerprint density at radius 2 is 1.77 bits per heavy atom. The van der Waals surface area contributed by atoms with Gasteiger partial charge in [0.1, 0.15) is 5.69 Å². The van der Waals surface area contributed by atoms with Crippen LogP contribution in [0.3, 0.4) is 0 Å². The normalized spacial score (nSPS) is 10.9. The molecule has 4 nitrogen and oxygen atoms in total. The van der Waals surface area contributed by atoms with Crippen molar-refractivity contribution in [1.82, 2.24) is 15.0 Å². The third kappa shape index (κ3) is 2.53. The smallest absolute Gasteiger partial charge is 0.105 e. The maximum absolute atomic E-state index is 5.86. The van der Waals surface area contributed by atoms with Crippen LogP contribution in [0.15, 0.2) is 48.5 Å². The summed E-state index contributed by atoms with van der Waals surface area (Å²) in [7, 11) is 0. The van der Waals surface area contributed by atoms with Crippen LogP contribution in [-0.4, -0.2) is 15.0 Å². The summed E-state index contributed by atoms with van der Waals surface area (Å²) in [6.07, 6.45) is 0.946. The Balaban J connectivity index is 2.21. The van der Waals surface area contributed by atoms with Crippen molar-refractivity contribution in [2.75, 3.05) is 0 Å². The quantitative estimate of drug-likeness (QED) is 0.803. The lowest BCUT2D eigenvalue weighted by Crippen LogP contribution is -2.05. The van der Waals surface area contributed by atoms with E-state index < -0.39 is 0 Å². The van der Waals surface area contributed by atoms with E-state index >= 15 is 0 Å². The molecule has 0 aliphatic rings. The van der Waals surface area contributed by atoms with Gasteiger partial charge in [0.05, 0.1) is 11.4 Å². The van der Waals surface area contributed by atoms with E-state index in [-0.39, 0.29) is 0 Å². The molecule has 2 N–H and O–H groups in total. The van der Waals surface area contributed by atoms with Gasteiger partial charge in [-0.15, -0.1) is 5.10 Å². The fraction of sp³-hybridized carbons (Fsp3) is 0.222. The van der Waals surface area contributed by atoms with E-state index in [2.05, 4.69) is 66.6 Å². The first-order valence-electron chi connectivity index (χ1n) is 7.54. The number of hydrogen-bond acceptors (Lipinski definition) is 3. The Morgan fingerprint density at radius 1 is 1.05 bits per heavy atom. The largest absolute Gasteiger partial charge is 0.325 e. The second kappa shape index (κ2) is 6.12. The van der Waals surface area contributed by atoms with E-state index in [9.17, 15) is 0 Å². The predicted octanol–water partition coefficient (Wildman–Crippen LogP) is 3.26. The maximum Gasteiger partial charge on any atom is 0.105 e. The number of para-hydroxylation sites is 1. The lowest BCUT2D eigenvalue weighted by Gasteiger charge is -2.11. The summed E-state index contributed by atoms with van der Waals surface area (Å²) in [6, 6.07) is 16.7. The molecule has 2 aromatic carbocycles. The number of benzene rings is 2. The molecule has 1 heterocycles. The molecule has 0 saturated heterocycles. The molecule has 1 aromatic heterocycles. The Hall–Kier alpha value is -2.46. The van der Waals surface area contributed by atoms with Gasteiger partial charge < -0.3 is 5.73 Å². The van der Waals surface area contributed by atoms with Crippen LogP contribution >= 0.6 is 0 Å². The van der Waals surface area contributed by atoms with Crippen LogP contribution in [0.4, 0.5) is 0 Å². The van der Waals surface area contributed by atoms with E-state index in [0.717, 1.165) is 29.1 Å². The summed E-state index contributed by atoms with van der Waals surface area (Å²) in [5.74, 6) is 0. The summed E-state index contributed by atoms with van der Waals surface area (Å²) >= 11 is 0. The average molecular weight is 292 g/mol. The van der Waals surface area contributed by atoms with Gasteiger partial charge in [0.2, 0.25) is 0 Å². The van der Waals surface area contributed by atoms with Crippen LogP contribution in [0.2, 0.25) is 0 Å². The molecule has 0 bridgehead atoms. The van der Waals surface area contributed by atoms with Crippen LogP contribution in [0.5, 0.6) is 0 Å². The fourth-order valence-corrected chi connectivity index (χ4v) is 2.64. The molecule has 0 radical (unpaired) electrons. The molecular formula is C18H20N4. The highest BCUT2D eigenvalue weighted by Gasteiger charge is 2.16. The lowest BCUT2D eigenvalue weighted by molar-refractivity contribution is 0.791. The lowest BCUT2D eigenvalue weighted by atomic mass is 10.1. The summed E-state index contributed by atoms with van der Waals surface area (Å²) in [6.45, 7) is 4.60. The molecular weight excluding hydrogens is 272 g/mol. The van der Waals surface area contributed by atoms with E-state index in [4.69, 9.17) is 5.73 Å². The zero-order valence-corrected chi connectivity index (χ0v) is 13.0. The number of nitrogens with zero attached hydrogens (tertiary/aromatic N) is 3. The molecule has 22 heavy (non-hydrogen) atoms. The van der Waals surface area contributed by atoms with E-state index in [1.165, 1.54) is 11.1 Å². The molecule has 112 valence electrons. The van der Waals surface area contributed by atoms with Crippen molar-refractivity contribution in [3.63, 3.8) is 0 Å². The molecule has 3 rings (SSSR count). The number of aromatic nitrogens is 3. The number of aryl methyl sites for hydroxylation is 2. The molecule has 4 heteroatoms. The fourth-order valence-electron chi connectivity index (χ4n) is 2.64. The van der Waals surface area contributed by atoms with Gasteiger partial charge in [0.25, 0.3) is 0 Å². The first-order valence-corrected chi connectivity index (χ1v) is 7.54. The van der Waals surface area contributed by atoms with Gasteiger partial charge in [-0.1, -0.05) is 60.2 Å². The molecule has 0 spiro atoms. The Labute approximate surface area is 130 Å². The summed E-state index contributed by atoms with van der Waals surface area (Å²) in [5, 5.41) is 8.62. The molecule has 0 atom stereocenters. The van der Waals surface area contributed by atoms with Crippen LogP contribution in [0, 0.1) is 6.92 Å². The van der Waals surface area contributed by atoms with Crippen molar-refractivity contribution >= 4 is 0 Å². The standard InChI is InChI=1S/C18H20N4/c1-3-14-6-4-5-7-17(14)22-18(16(12-19)20-21-22)15-10-8-13(2)9-11-15/h4-11H,3,12,19H2,1-2H3. The predicted molar refractivity (Wildman–Crippen MR) is 88.8 cm³/mol. The van der Waals surface area contributed by atoms with Gasteiger partial charge >= 0.3 is 0 Å². The second-order valence-corrected chi connectivity index (χ2v) is 5.35. The number of hydrogen-bond donors (Lipinski definition) is 1. The van der Waals surface area contributed by atoms with Crippen LogP contribution in [0.1, 0.15) is 23.7 Å². The Bertz CT molecular complexity index is 772. The zero-order chi connectivity index (χ0) is 15.5. The van der Waals surface area contributed by atoms with Gasteiger partial charge in [-0.2, -0.15) is 0 Å². The van der Waals surface area contributed by atoms with Gasteiger partial charge in [0, 0.05) is 12.1 Å². The average Bonchev–Trinajstić information content (AvgIpc) is 2.99. The van der Waals surface area contributed by atoms with Crippen molar-refractivity contribution in [3.05, 3.63) is 65.4 Å². The minimum Gasteiger partial charge on any atom is -0.325 e. The summed E-state index contributed by atoms with van der Waals surface area (Å²) in [5.41, 5.74) is 12.3. The molecule has 3 aromatic rings. The first kappa shape index (κ1) is 14.5. The Morgan fingerprint density at radius 3 is 2.45 bits per heavy atom. The third-order valence-electron chi connectivity index (χ3n) is 3.86. The minimum absolute atomic E-state index is 0.373. The first-order chi connectivity index (χ1) is 10.7. The highest BCUT2D eigenvalue weighted by molar-refractivity contribution is 5.65.